The fraction of sp³-hybridized carbons (Fsp3) is 0.900. The van der Waals surface area contributed by atoms with Crippen molar-refractivity contribution >= 4 is 58.4 Å². The Bertz CT molecular complexity index is 306. The van der Waals surface area contributed by atoms with Crippen LogP contribution in [0.5, 0.6) is 0 Å². The van der Waals surface area contributed by atoms with Crippen LogP contribution in [-0.2, 0) is 9.59 Å². The van der Waals surface area contributed by atoms with Gasteiger partial charge in [-0.25, -0.2) is 0 Å². The average molecular weight is 443 g/mol. The van der Waals surface area contributed by atoms with Gasteiger partial charge in [0.25, 0.3) is 0 Å². The first-order valence-corrected chi connectivity index (χ1v) is 12.5. The van der Waals surface area contributed by atoms with Crippen LogP contribution in [0.2, 0.25) is 0 Å². The van der Waals surface area contributed by atoms with E-state index in [4.69, 9.17) is 0 Å². The minimum atomic E-state index is 0. The third-order valence-electron chi connectivity index (χ3n) is 3.78. The Kier molecular flexibility index (Phi) is 26.6. The van der Waals surface area contributed by atoms with Crippen molar-refractivity contribution in [2.75, 3.05) is 11.5 Å². The van der Waals surface area contributed by atoms with Gasteiger partial charge in [-0.3, -0.25) is 0 Å². The molecule has 0 saturated heterocycles. The van der Waals surface area contributed by atoms with Gasteiger partial charge >= 0.3 is 0 Å². The Labute approximate surface area is 182 Å². The highest BCUT2D eigenvalue weighted by molar-refractivity contribution is 8.76. The van der Waals surface area contributed by atoms with Crippen LogP contribution in [-0.4, -0.2) is 33.6 Å². The maximum Gasteiger partial charge on any atom is 0.129 e. The lowest BCUT2D eigenvalue weighted by atomic mass is 10.1. The third kappa shape index (κ3) is 24.7. The fourth-order valence-corrected chi connectivity index (χ4v) is 5.54. The first-order valence-electron chi connectivity index (χ1n) is 9.01. The predicted octanol–water partition coefficient (Wildman–Crippen LogP) is 7.32. The van der Waals surface area contributed by atoms with Gasteiger partial charge in [-0.2, -0.15) is 25.3 Å². The third-order valence-corrected chi connectivity index (χ3v) is 7.29. The maximum atomic E-state index is 10.9. The number of carbonyl (C=O) groups is 2. The number of unbranched alkanes of at least 4 members (excludes halogenated alkanes) is 2. The molecule has 0 radical (unpaired) electrons. The number of thiol groups is 2. The Balaban J connectivity index is -0.00000264. The minimum Gasteiger partial charge on any atom is -0.300 e. The van der Waals surface area contributed by atoms with Crippen molar-refractivity contribution in [1.82, 2.24) is 0 Å². The van der Waals surface area contributed by atoms with Gasteiger partial charge in [0.1, 0.15) is 11.6 Å². The molecule has 2 nitrogen and oxygen atoms in total. The maximum absolute atomic E-state index is 10.9. The Hall–Kier alpha value is 0.740. The Morgan fingerprint density at radius 3 is 1.35 bits per heavy atom. The van der Waals surface area contributed by atoms with Crippen molar-refractivity contribution in [3.05, 3.63) is 0 Å². The molecule has 2 atom stereocenters. The van der Waals surface area contributed by atoms with Crippen LogP contribution in [0.25, 0.3) is 0 Å². The van der Waals surface area contributed by atoms with Crippen molar-refractivity contribution < 1.29 is 9.59 Å². The van der Waals surface area contributed by atoms with E-state index in [0.29, 0.717) is 34.9 Å². The fourth-order valence-electron chi connectivity index (χ4n) is 2.28. The molecule has 0 saturated carbocycles. The second-order valence-electron chi connectivity index (χ2n) is 6.42. The summed E-state index contributed by atoms with van der Waals surface area (Å²) in [5.74, 6) is 2.86. The second kappa shape index (κ2) is 22.0. The summed E-state index contributed by atoms with van der Waals surface area (Å²) in [5.41, 5.74) is 0. The standard InChI is InChI=1S/C18H34O2S4.2CH4/c1-15(19)7-3-5-9-17(21)11-13-23-24-14-12-18(22)10-6-4-8-16(2)20;;/h17-18,21-22H,3-14H2,1-2H3;2*1H4. The monoisotopic (exact) mass is 442 g/mol. The van der Waals surface area contributed by atoms with Gasteiger partial charge in [0, 0.05) is 34.8 Å². The molecule has 0 aliphatic carbocycles. The summed E-state index contributed by atoms with van der Waals surface area (Å²) in [6, 6.07) is 0. The Morgan fingerprint density at radius 2 is 1.04 bits per heavy atom. The van der Waals surface area contributed by atoms with Crippen molar-refractivity contribution in [2.24, 2.45) is 0 Å². The van der Waals surface area contributed by atoms with Crippen molar-refractivity contribution in [3.63, 3.8) is 0 Å². The lowest BCUT2D eigenvalue weighted by molar-refractivity contribution is -0.117. The quantitative estimate of drug-likeness (QED) is 0.140. The smallest absolute Gasteiger partial charge is 0.129 e. The van der Waals surface area contributed by atoms with E-state index >= 15 is 0 Å². The molecule has 0 fully saturated rings. The predicted molar refractivity (Wildman–Crippen MR) is 131 cm³/mol. The molecular weight excluding hydrogens is 400 g/mol. The van der Waals surface area contributed by atoms with Gasteiger partial charge < -0.3 is 9.59 Å². The number of Topliss-reactive ketones (excluding diaryl/α,β-unsaturated/α-hetero) is 2. The van der Waals surface area contributed by atoms with E-state index in [1.54, 1.807) is 13.8 Å². The highest BCUT2D eigenvalue weighted by Gasteiger charge is 2.06. The molecule has 158 valence electrons. The molecule has 0 aromatic rings. The van der Waals surface area contributed by atoms with Gasteiger partial charge in [0.05, 0.1) is 0 Å². The number of rotatable bonds is 17. The number of hydrogen-bond acceptors (Lipinski definition) is 6. The van der Waals surface area contributed by atoms with Crippen LogP contribution in [0.15, 0.2) is 0 Å². The van der Waals surface area contributed by atoms with Gasteiger partial charge in [-0.05, 0) is 52.4 Å². The molecule has 2 unspecified atom stereocenters. The average Bonchev–Trinajstić information content (AvgIpc) is 2.51. The molecule has 0 aromatic heterocycles. The molecule has 0 bridgehead atoms. The van der Waals surface area contributed by atoms with E-state index in [-0.39, 0.29) is 14.9 Å². The van der Waals surface area contributed by atoms with Crippen LogP contribution in [0.4, 0.5) is 0 Å². The van der Waals surface area contributed by atoms with Crippen LogP contribution in [0.3, 0.4) is 0 Å². The summed E-state index contributed by atoms with van der Waals surface area (Å²) in [7, 11) is 3.87. The molecule has 0 aliphatic rings. The molecule has 0 heterocycles. The molecule has 0 N–H and O–H groups in total. The molecule has 26 heavy (non-hydrogen) atoms. The summed E-state index contributed by atoms with van der Waals surface area (Å²) in [4.78, 5) is 21.7. The molecule has 0 aromatic carbocycles. The number of ketones is 2. The van der Waals surface area contributed by atoms with E-state index in [0.717, 1.165) is 62.9 Å². The van der Waals surface area contributed by atoms with Gasteiger partial charge in [-0.1, -0.05) is 49.3 Å². The molecule has 0 rings (SSSR count). The van der Waals surface area contributed by atoms with Crippen LogP contribution >= 0.6 is 46.8 Å². The molecule has 0 spiro atoms. The van der Waals surface area contributed by atoms with E-state index in [1.807, 2.05) is 21.6 Å². The van der Waals surface area contributed by atoms with E-state index < -0.39 is 0 Å². The van der Waals surface area contributed by atoms with Gasteiger partial charge in [0.2, 0.25) is 0 Å². The van der Waals surface area contributed by atoms with E-state index in [2.05, 4.69) is 25.3 Å². The summed E-state index contributed by atoms with van der Waals surface area (Å²) >= 11 is 9.26. The van der Waals surface area contributed by atoms with Crippen LogP contribution < -0.4 is 0 Å². The first kappa shape index (κ1) is 31.4. The summed E-state index contributed by atoms with van der Waals surface area (Å²) in [6.45, 7) is 3.32. The lowest BCUT2D eigenvalue weighted by Gasteiger charge is -2.11. The zero-order valence-corrected chi connectivity index (χ0v) is 18.6. The zero-order chi connectivity index (χ0) is 18.2. The largest absolute Gasteiger partial charge is 0.300 e. The Morgan fingerprint density at radius 1 is 0.692 bits per heavy atom. The van der Waals surface area contributed by atoms with Crippen LogP contribution in [0.1, 0.15) is 92.9 Å². The van der Waals surface area contributed by atoms with E-state index in [1.165, 1.54) is 0 Å². The molecule has 0 amide bonds. The lowest BCUT2D eigenvalue weighted by Crippen LogP contribution is -2.02. The highest BCUT2D eigenvalue weighted by atomic mass is 33.1. The van der Waals surface area contributed by atoms with E-state index in [9.17, 15) is 9.59 Å². The number of hydrogen-bond donors (Lipinski definition) is 2. The number of carbonyl (C=O) groups excluding carboxylic acids is 2. The normalized spacial score (nSPS) is 12.6. The molecule has 6 heteroatoms. The van der Waals surface area contributed by atoms with Crippen molar-refractivity contribution in [2.45, 2.75) is 103 Å². The van der Waals surface area contributed by atoms with Gasteiger partial charge in [0.15, 0.2) is 0 Å². The molecular formula is C20H42O2S4. The topological polar surface area (TPSA) is 34.1 Å². The SMILES string of the molecule is C.C.CC(=O)CCCCC(S)CCSSCCC(S)CCCCC(C)=O. The zero-order valence-electron chi connectivity index (χ0n) is 15.2. The highest BCUT2D eigenvalue weighted by Crippen LogP contribution is 2.27. The summed E-state index contributed by atoms with van der Waals surface area (Å²) in [6.07, 6.45) is 10.1. The van der Waals surface area contributed by atoms with Gasteiger partial charge in [-0.15, -0.1) is 0 Å². The minimum absolute atomic E-state index is 0. The first-order chi connectivity index (χ1) is 11.4. The summed E-state index contributed by atoms with van der Waals surface area (Å²) < 4.78 is 0. The second-order valence-corrected chi connectivity index (χ2v) is 10.6. The summed E-state index contributed by atoms with van der Waals surface area (Å²) in [5, 5.41) is 0.924. The van der Waals surface area contributed by atoms with Crippen molar-refractivity contribution in [1.29, 1.82) is 0 Å². The molecule has 0 aliphatic heterocycles. The van der Waals surface area contributed by atoms with Crippen molar-refractivity contribution in [3.8, 4) is 0 Å². The van der Waals surface area contributed by atoms with Crippen LogP contribution in [0, 0.1) is 0 Å².